The van der Waals surface area contributed by atoms with Crippen LogP contribution in [0.3, 0.4) is 0 Å². The van der Waals surface area contributed by atoms with E-state index < -0.39 is 0 Å². The first-order chi connectivity index (χ1) is 11.5. The Hall–Kier alpha value is -1.89. The zero-order chi connectivity index (χ0) is 17.2. The number of rotatable bonds is 3. The van der Waals surface area contributed by atoms with E-state index in [2.05, 4.69) is 22.0 Å². The van der Waals surface area contributed by atoms with Crippen LogP contribution in [0, 0.1) is 5.41 Å². The van der Waals surface area contributed by atoms with Gasteiger partial charge in [0, 0.05) is 45.7 Å². The van der Waals surface area contributed by atoms with Crippen molar-refractivity contribution in [2.75, 3.05) is 63.3 Å². The topological polar surface area (TPSA) is 61.8 Å². The van der Waals surface area contributed by atoms with E-state index in [1.54, 1.807) is 0 Å². The van der Waals surface area contributed by atoms with Crippen LogP contribution in [0.25, 0.3) is 0 Å². The molecule has 0 spiro atoms. The lowest BCUT2D eigenvalue weighted by atomic mass is 9.79. The molecule has 3 heterocycles. The van der Waals surface area contributed by atoms with Crippen molar-refractivity contribution in [1.82, 2.24) is 15.1 Å². The minimum Gasteiger partial charge on any atom is -0.378 e. The molecule has 2 fully saturated rings. The average Bonchev–Trinajstić information content (AvgIpc) is 2.62. The Morgan fingerprint density at radius 1 is 1.12 bits per heavy atom. The quantitative estimate of drug-likeness (QED) is 0.823. The van der Waals surface area contributed by atoms with E-state index >= 15 is 0 Å². The predicted molar refractivity (Wildman–Crippen MR) is 93.3 cm³/mol. The maximum Gasteiger partial charge on any atom is 0.228 e. The summed E-state index contributed by atoms with van der Waals surface area (Å²) in [4.78, 5) is 19.0. The molecule has 24 heavy (non-hydrogen) atoms. The molecule has 0 saturated carbocycles. The number of nitrogens with zero attached hydrogens (tertiary/aromatic N) is 5. The summed E-state index contributed by atoms with van der Waals surface area (Å²) in [6.07, 6.45) is 1.70. The van der Waals surface area contributed by atoms with Crippen molar-refractivity contribution >= 4 is 17.5 Å². The maximum absolute atomic E-state index is 12.9. The molecular formula is C17H27N5O2. The standard InChI is InChI=1S/C17H27N5O2/c1-17(16(23)22-10-12-24-13-11-22)6-8-21(9-7-17)15-5-4-14(18-19-15)20(2)3/h4-5H,6-13H2,1-3H3. The van der Waals surface area contributed by atoms with Gasteiger partial charge >= 0.3 is 0 Å². The highest BCUT2D eigenvalue weighted by atomic mass is 16.5. The number of ether oxygens (including phenoxy) is 1. The number of aromatic nitrogens is 2. The molecule has 7 heteroatoms. The van der Waals surface area contributed by atoms with E-state index in [0.717, 1.165) is 50.7 Å². The van der Waals surface area contributed by atoms with Crippen LogP contribution >= 0.6 is 0 Å². The normalized spacial score (nSPS) is 20.8. The molecule has 2 aliphatic rings. The SMILES string of the molecule is CN(C)c1ccc(N2CCC(C)(C(=O)N3CCOCC3)CC2)nn1. The Labute approximate surface area is 143 Å². The van der Waals surface area contributed by atoms with Gasteiger partial charge in [-0.2, -0.15) is 0 Å². The van der Waals surface area contributed by atoms with Crippen LogP contribution in [0.1, 0.15) is 19.8 Å². The minimum absolute atomic E-state index is 0.273. The van der Waals surface area contributed by atoms with Crippen molar-refractivity contribution in [1.29, 1.82) is 0 Å². The van der Waals surface area contributed by atoms with Crippen molar-refractivity contribution in [2.45, 2.75) is 19.8 Å². The van der Waals surface area contributed by atoms with Gasteiger partial charge in [-0.1, -0.05) is 6.92 Å². The molecule has 132 valence electrons. The van der Waals surface area contributed by atoms with E-state index in [4.69, 9.17) is 4.74 Å². The van der Waals surface area contributed by atoms with Crippen LogP contribution in [0.4, 0.5) is 11.6 Å². The number of hydrogen-bond donors (Lipinski definition) is 0. The number of anilines is 2. The first kappa shape index (κ1) is 17.0. The van der Waals surface area contributed by atoms with Crippen LogP contribution in [-0.2, 0) is 9.53 Å². The Bertz CT molecular complexity index is 561. The molecule has 3 rings (SSSR count). The number of amides is 1. The highest BCUT2D eigenvalue weighted by molar-refractivity contribution is 5.82. The van der Waals surface area contributed by atoms with Crippen molar-refractivity contribution in [2.24, 2.45) is 5.41 Å². The first-order valence-corrected chi connectivity index (χ1v) is 8.63. The predicted octanol–water partition coefficient (Wildman–Crippen LogP) is 1.01. The summed E-state index contributed by atoms with van der Waals surface area (Å²) in [6, 6.07) is 3.99. The number of carbonyl (C=O) groups excluding carboxylic acids is 1. The molecule has 2 aliphatic heterocycles. The van der Waals surface area contributed by atoms with Gasteiger partial charge in [0.15, 0.2) is 11.6 Å². The summed E-state index contributed by atoms with van der Waals surface area (Å²) in [7, 11) is 3.90. The zero-order valence-electron chi connectivity index (χ0n) is 14.9. The molecule has 0 unspecified atom stereocenters. The van der Waals surface area contributed by atoms with E-state index in [0.29, 0.717) is 13.2 Å². The maximum atomic E-state index is 12.9. The minimum atomic E-state index is -0.273. The Kier molecular flexibility index (Phi) is 4.89. The number of hydrogen-bond acceptors (Lipinski definition) is 6. The number of piperidine rings is 1. The third kappa shape index (κ3) is 3.45. The van der Waals surface area contributed by atoms with Crippen molar-refractivity contribution in [3.63, 3.8) is 0 Å². The fourth-order valence-electron chi connectivity index (χ4n) is 3.32. The average molecular weight is 333 g/mol. The molecule has 7 nitrogen and oxygen atoms in total. The second kappa shape index (κ2) is 6.93. The van der Waals surface area contributed by atoms with Gasteiger partial charge < -0.3 is 19.4 Å². The van der Waals surface area contributed by atoms with Crippen LogP contribution < -0.4 is 9.80 Å². The van der Waals surface area contributed by atoms with Gasteiger partial charge in [-0.05, 0) is 25.0 Å². The van der Waals surface area contributed by atoms with Gasteiger partial charge in [-0.3, -0.25) is 4.79 Å². The number of morpholine rings is 1. The smallest absolute Gasteiger partial charge is 0.228 e. The summed E-state index contributed by atoms with van der Waals surface area (Å²) in [5.74, 6) is 2.02. The van der Waals surface area contributed by atoms with Crippen molar-refractivity contribution in [3.8, 4) is 0 Å². The zero-order valence-corrected chi connectivity index (χ0v) is 14.9. The molecule has 0 atom stereocenters. The second-order valence-electron chi connectivity index (χ2n) is 7.10. The highest BCUT2D eigenvalue weighted by Gasteiger charge is 2.40. The lowest BCUT2D eigenvalue weighted by Crippen LogP contribution is -2.51. The lowest BCUT2D eigenvalue weighted by Gasteiger charge is -2.42. The van der Waals surface area contributed by atoms with Gasteiger partial charge in [0.25, 0.3) is 0 Å². The monoisotopic (exact) mass is 333 g/mol. The molecule has 0 aliphatic carbocycles. The molecule has 2 saturated heterocycles. The third-order valence-electron chi connectivity index (χ3n) is 5.10. The van der Waals surface area contributed by atoms with E-state index in [1.165, 1.54) is 0 Å². The molecule has 0 aromatic carbocycles. The Balaban J connectivity index is 1.61. The molecule has 0 N–H and O–H groups in total. The largest absolute Gasteiger partial charge is 0.378 e. The van der Waals surface area contributed by atoms with Gasteiger partial charge in [0.2, 0.25) is 5.91 Å². The summed E-state index contributed by atoms with van der Waals surface area (Å²) in [5.41, 5.74) is -0.273. The van der Waals surface area contributed by atoms with E-state index in [1.807, 2.05) is 36.0 Å². The summed E-state index contributed by atoms with van der Waals surface area (Å²) >= 11 is 0. The van der Waals surface area contributed by atoms with E-state index in [-0.39, 0.29) is 11.3 Å². The second-order valence-corrected chi connectivity index (χ2v) is 7.10. The van der Waals surface area contributed by atoms with Gasteiger partial charge in [0.05, 0.1) is 13.2 Å². The van der Waals surface area contributed by atoms with Crippen LogP contribution in [0.15, 0.2) is 12.1 Å². The van der Waals surface area contributed by atoms with Gasteiger partial charge in [-0.25, -0.2) is 0 Å². The first-order valence-electron chi connectivity index (χ1n) is 8.63. The van der Waals surface area contributed by atoms with Crippen LogP contribution in [0.5, 0.6) is 0 Å². The number of carbonyl (C=O) groups is 1. The molecule has 1 amide bonds. The summed E-state index contributed by atoms with van der Waals surface area (Å²) < 4.78 is 5.35. The molecule has 1 aromatic heterocycles. The van der Waals surface area contributed by atoms with Gasteiger partial charge in [0.1, 0.15) is 0 Å². The third-order valence-corrected chi connectivity index (χ3v) is 5.10. The van der Waals surface area contributed by atoms with E-state index in [9.17, 15) is 4.79 Å². The summed E-state index contributed by atoms with van der Waals surface area (Å²) in [6.45, 7) is 6.52. The fraction of sp³-hybridized carbons (Fsp3) is 0.706. The van der Waals surface area contributed by atoms with Crippen molar-refractivity contribution < 1.29 is 9.53 Å². The summed E-state index contributed by atoms with van der Waals surface area (Å²) in [5, 5.41) is 8.57. The fourth-order valence-corrected chi connectivity index (χ4v) is 3.32. The lowest BCUT2D eigenvalue weighted by molar-refractivity contribution is -0.146. The molecule has 1 aromatic rings. The Morgan fingerprint density at radius 2 is 1.79 bits per heavy atom. The van der Waals surface area contributed by atoms with Crippen LogP contribution in [0.2, 0.25) is 0 Å². The van der Waals surface area contributed by atoms with Gasteiger partial charge in [-0.15, -0.1) is 10.2 Å². The molecule has 0 radical (unpaired) electrons. The van der Waals surface area contributed by atoms with Crippen molar-refractivity contribution in [3.05, 3.63) is 12.1 Å². The Morgan fingerprint density at radius 3 is 2.33 bits per heavy atom. The molecule has 0 bridgehead atoms. The van der Waals surface area contributed by atoms with Crippen LogP contribution in [-0.4, -0.2) is 74.5 Å². The molecular weight excluding hydrogens is 306 g/mol. The highest BCUT2D eigenvalue weighted by Crippen LogP contribution is 2.34.